The van der Waals surface area contributed by atoms with Crippen LogP contribution in [-0.2, 0) is 0 Å². The fraction of sp³-hybridized carbons (Fsp3) is 0.0357. The molecule has 0 aliphatic heterocycles. The average molecular weight is 741 g/mol. The predicted octanol–water partition coefficient (Wildman–Crippen LogP) is 15.2. The molecular weight excluding hydrogens is 701 g/mol. The standard InChI is InChI=1S/C56H40N2/c1-37-29-38(2)31-44(30-37)40-21-23-41(24-22-40)46-32-45(39-13-5-3-6-14-39)33-48(34-46)58-54-20-12-10-18-50(54)52-36-43(26-28-56(52)58)42-25-27-55-51(35-42)49-17-9-11-19-53(49)57(55)47-15-7-4-8-16-47/h3-36H,1-2H3. The van der Waals surface area contributed by atoms with E-state index in [9.17, 15) is 0 Å². The number of para-hydroxylation sites is 3. The molecule has 11 rings (SSSR count). The van der Waals surface area contributed by atoms with Crippen molar-refractivity contribution < 1.29 is 0 Å². The van der Waals surface area contributed by atoms with Gasteiger partial charge in [-0.2, -0.15) is 0 Å². The molecule has 11 aromatic rings. The molecule has 274 valence electrons. The van der Waals surface area contributed by atoms with Crippen molar-refractivity contribution in [2.45, 2.75) is 13.8 Å². The molecule has 58 heavy (non-hydrogen) atoms. The quantitative estimate of drug-likeness (QED) is 0.161. The van der Waals surface area contributed by atoms with Crippen LogP contribution in [0.5, 0.6) is 0 Å². The van der Waals surface area contributed by atoms with Crippen molar-refractivity contribution in [2.24, 2.45) is 0 Å². The summed E-state index contributed by atoms with van der Waals surface area (Å²) >= 11 is 0. The van der Waals surface area contributed by atoms with Crippen molar-refractivity contribution in [3.8, 4) is 55.9 Å². The van der Waals surface area contributed by atoms with E-state index in [4.69, 9.17) is 0 Å². The SMILES string of the molecule is Cc1cc(C)cc(-c2ccc(-c3cc(-c4ccccc4)cc(-n4c5ccccc5c5cc(-c6ccc7c(c6)c6ccccc6n7-c6ccccc6)ccc54)c3)cc2)c1. The molecule has 0 atom stereocenters. The van der Waals surface area contributed by atoms with Gasteiger partial charge in [0.15, 0.2) is 0 Å². The average Bonchev–Trinajstić information content (AvgIpc) is 3.79. The maximum atomic E-state index is 2.45. The van der Waals surface area contributed by atoms with Crippen molar-refractivity contribution in [1.82, 2.24) is 9.13 Å². The van der Waals surface area contributed by atoms with E-state index in [2.05, 4.69) is 229 Å². The zero-order chi connectivity index (χ0) is 38.7. The summed E-state index contributed by atoms with van der Waals surface area (Å²) < 4.78 is 4.83. The monoisotopic (exact) mass is 740 g/mol. The van der Waals surface area contributed by atoms with Gasteiger partial charge in [0.05, 0.1) is 22.1 Å². The summed E-state index contributed by atoms with van der Waals surface area (Å²) in [4.78, 5) is 0. The second-order valence-corrected chi connectivity index (χ2v) is 15.6. The van der Waals surface area contributed by atoms with Crippen molar-refractivity contribution >= 4 is 43.6 Å². The van der Waals surface area contributed by atoms with Crippen molar-refractivity contribution in [2.75, 3.05) is 0 Å². The topological polar surface area (TPSA) is 9.86 Å². The third-order valence-electron chi connectivity index (χ3n) is 11.7. The van der Waals surface area contributed by atoms with Crippen LogP contribution in [0.3, 0.4) is 0 Å². The third kappa shape index (κ3) is 5.73. The smallest absolute Gasteiger partial charge is 0.0541 e. The third-order valence-corrected chi connectivity index (χ3v) is 11.7. The number of benzene rings is 9. The summed E-state index contributed by atoms with van der Waals surface area (Å²) in [6, 6.07) is 75.8. The van der Waals surface area contributed by atoms with Crippen LogP contribution >= 0.6 is 0 Å². The lowest BCUT2D eigenvalue weighted by Crippen LogP contribution is -1.96. The van der Waals surface area contributed by atoms with Gasteiger partial charge in [0.25, 0.3) is 0 Å². The molecule has 2 heteroatoms. The van der Waals surface area contributed by atoms with Gasteiger partial charge in [0, 0.05) is 32.9 Å². The number of hydrogen-bond acceptors (Lipinski definition) is 0. The maximum Gasteiger partial charge on any atom is 0.0541 e. The summed E-state index contributed by atoms with van der Waals surface area (Å²) in [6.07, 6.45) is 0. The highest BCUT2D eigenvalue weighted by molar-refractivity contribution is 6.12. The van der Waals surface area contributed by atoms with E-state index in [0.29, 0.717) is 0 Å². The fourth-order valence-electron chi connectivity index (χ4n) is 9.14. The Morgan fingerprint density at radius 1 is 0.241 bits per heavy atom. The van der Waals surface area contributed by atoms with E-state index in [1.165, 1.54) is 105 Å². The molecule has 0 radical (unpaired) electrons. The maximum absolute atomic E-state index is 2.45. The molecule has 0 amide bonds. The van der Waals surface area contributed by atoms with Crippen LogP contribution in [0.4, 0.5) is 0 Å². The molecular formula is C56H40N2. The molecule has 2 nitrogen and oxygen atoms in total. The van der Waals surface area contributed by atoms with E-state index in [0.717, 1.165) is 5.69 Å². The molecule has 0 fully saturated rings. The zero-order valence-electron chi connectivity index (χ0n) is 32.5. The summed E-state index contributed by atoms with van der Waals surface area (Å²) in [7, 11) is 0. The van der Waals surface area contributed by atoms with Gasteiger partial charge in [-0.1, -0.05) is 151 Å². The first-order valence-corrected chi connectivity index (χ1v) is 20.1. The zero-order valence-corrected chi connectivity index (χ0v) is 32.5. The van der Waals surface area contributed by atoms with Crippen molar-refractivity contribution in [3.63, 3.8) is 0 Å². The van der Waals surface area contributed by atoms with Crippen LogP contribution in [0.2, 0.25) is 0 Å². The van der Waals surface area contributed by atoms with Crippen LogP contribution in [0, 0.1) is 13.8 Å². The van der Waals surface area contributed by atoms with Crippen LogP contribution in [0.25, 0.3) is 99.5 Å². The second-order valence-electron chi connectivity index (χ2n) is 15.6. The molecule has 0 bridgehead atoms. The molecule has 2 heterocycles. The highest BCUT2D eigenvalue weighted by Crippen LogP contribution is 2.40. The van der Waals surface area contributed by atoms with E-state index >= 15 is 0 Å². The molecule has 0 aliphatic rings. The lowest BCUT2D eigenvalue weighted by Gasteiger charge is -2.15. The Hall–Kier alpha value is -7.42. The molecule has 0 aliphatic carbocycles. The Labute approximate surface area is 338 Å². The molecule has 0 saturated carbocycles. The van der Waals surface area contributed by atoms with E-state index in [1.54, 1.807) is 0 Å². The molecule has 0 N–H and O–H groups in total. The van der Waals surface area contributed by atoms with E-state index in [-0.39, 0.29) is 0 Å². The van der Waals surface area contributed by atoms with Crippen molar-refractivity contribution in [3.05, 3.63) is 217 Å². The fourth-order valence-corrected chi connectivity index (χ4v) is 9.14. The van der Waals surface area contributed by atoms with Gasteiger partial charge in [-0.25, -0.2) is 0 Å². The molecule has 0 unspecified atom stereocenters. The van der Waals surface area contributed by atoms with Gasteiger partial charge in [-0.15, -0.1) is 0 Å². The summed E-state index contributed by atoms with van der Waals surface area (Å²) in [5.74, 6) is 0. The van der Waals surface area contributed by atoms with Gasteiger partial charge < -0.3 is 9.13 Å². The molecule has 2 aromatic heterocycles. The second kappa shape index (κ2) is 13.7. The van der Waals surface area contributed by atoms with Gasteiger partial charge in [-0.05, 0) is 125 Å². The lowest BCUT2D eigenvalue weighted by atomic mass is 9.95. The van der Waals surface area contributed by atoms with Gasteiger partial charge in [0.1, 0.15) is 0 Å². The predicted molar refractivity (Wildman–Crippen MR) is 246 cm³/mol. The Kier molecular flexibility index (Phi) is 7.97. The van der Waals surface area contributed by atoms with E-state index < -0.39 is 0 Å². The Bertz CT molecular complexity index is 3310. The van der Waals surface area contributed by atoms with Crippen LogP contribution in [0.1, 0.15) is 11.1 Å². The normalized spacial score (nSPS) is 11.6. The number of hydrogen-bond donors (Lipinski definition) is 0. The highest BCUT2D eigenvalue weighted by atomic mass is 15.0. The van der Waals surface area contributed by atoms with E-state index in [1.807, 2.05) is 0 Å². The lowest BCUT2D eigenvalue weighted by molar-refractivity contribution is 1.18. The Morgan fingerprint density at radius 2 is 0.638 bits per heavy atom. The van der Waals surface area contributed by atoms with Crippen LogP contribution in [0.15, 0.2) is 206 Å². The highest BCUT2D eigenvalue weighted by Gasteiger charge is 2.17. The largest absolute Gasteiger partial charge is 0.309 e. The minimum absolute atomic E-state index is 1.14. The minimum Gasteiger partial charge on any atom is -0.309 e. The summed E-state index contributed by atoms with van der Waals surface area (Å²) in [5, 5.41) is 5.00. The first-order chi connectivity index (χ1) is 28.6. The number of nitrogens with zero attached hydrogens (tertiary/aromatic N) is 2. The van der Waals surface area contributed by atoms with Crippen LogP contribution < -0.4 is 0 Å². The first-order valence-electron chi connectivity index (χ1n) is 20.1. The Morgan fingerprint density at radius 3 is 1.17 bits per heavy atom. The van der Waals surface area contributed by atoms with Crippen molar-refractivity contribution in [1.29, 1.82) is 0 Å². The molecule has 0 spiro atoms. The van der Waals surface area contributed by atoms with Crippen LogP contribution in [-0.4, -0.2) is 9.13 Å². The first kappa shape index (κ1) is 33.9. The number of fused-ring (bicyclic) bond motifs is 6. The Balaban J connectivity index is 1.06. The number of aromatic nitrogens is 2. The van der Waals surface area contributed by atoms with Gasteiger partial charge >= 0.3 is 0 Å². The number of rotatable bonds is 6. The molecule has 9 aromatic carbocycles. The molecule has 0 saturated heterocycles. The van der Waals surface area contributed by atoms with Gasteiger partial charge in [0.2, 0.25) is 0 Å². The van der Waals surface area contributed by atoms with Gasteiger partial charge in [-0.3, -0.25) is 0 Å². The summed E-state index contributed by atoms with van der Waals surface area (Å²) in [6.45, 7) is 4.34. The number of aryl methyl sites for hydroxylation is 2. The summed E-state index contributed by atoms with van der Waals surface area (Å²) in [5.41, 5.74) is 19.4. The minimum atomic E-state index is 1.14.